The fraction of sp³-hybridized carbons (Fsp3) is 0.231. The number of aromatic nitrogens is 3. The molecule has 0 aromatic carbocycles. The van der Waals surface area contributed by atoms with Gasteiger partial charge in [0, 0.05) is 24.0 Å². The second-order valence-corrected chi connectivity index (χ2v) is 3.98. The van der Waals surface area contributed by atoms with Crippen molar-refractivity contribution < 1.29 is 4.79 Å². The van der Waals surface area contributed by atoms with Crippen molar-refractivity contribution in [1.29, 1.82) is 0 Å². The van der Waals surface area contributed by atoms with E-state index in [0.29, 0.717) is 17.2 Å². The Labute approximate surface area is 111 Å². The molecule has 0 atom stereocenters. The summed E-state index contributed by atoms with van der Waals surface area (Å²) >= 11 is 0. The molecule has 6 nitrogen and oxygen atoms in total. The topological polar surface area (TPSA) is 79.8 Å². The molecule has 2 aromatic rings. The fourth-order valence-electron chi connectivity index (χ4n) is 1.63. The predicted molar refractivity (Wildman–Crippen MR) is 73.1 cm³/mol. The standard InChI is InChI=1S/C13H15N5O/c1-3-14-12-8-10(7-9(2)16-12)13(19)17-11-5-4-6-15-18-11/h4-8H,3H2,1-2H3,(H,14,16)(H,17,18,19). The van der Waals surface area contributed by atoms with E-state index in [4.69, 9.17) is 0 Å². The van der Waals surface area contributed by atoms with Crippen molar-refractivity contribution in [2.45, 2.75) is 13.8 Å². The number of nitrogens with zero attached hydrogens (tertiary/aromatic N) is 3. The number of carbonyl (C=O) groups excluding carboxylic acids is 1. The molecule has 0 aliphatic carbocycles. The Morgan fingerprint density at radius 3 is 2.84 bits per heavy atom. The van der Waals surface area contributed by atoms with Crippen LogP contribution >= 0.6 is 0 Å². The molecule has 2 rings (SSSR count). The van der Waals surface area contributed by atoms with Crippen molar-refractivity contribution in [1.82, 2.24) is 15.2 Å². The maximum atomic E-state index is 12.1. The van der Waals surface area contributed by atoms with Crippen molar-refractivity contribution in [3.8, 4) is 0 Å². The molecule has 0 aliphatic heterocycles. The van der Waals surface area contributed by atoms with E-state index in [-0.39, 0.29) is 5.91 Å². The lowest BCUT2D eigenvalue weighted by atomic mass is 10.2. The van der Waals surface area contributed by atoms with E-state index in [0.717, 1.165) is 12.2 Å². The Hall–Kier alpha value is -2.50. The van der Waals surface area contributed by atoms with E-state index in [1.165, 1.54) is 0 Å². The van der Waals surface area contributed by atoms with Gasteiger partial charge in [-0.2, -0.15) is 5.10 Å². The Kier molecular flexibility index (Phi) is 4.02. The Balaban J connectivity index is 2.19. The molecular formula is C13H15N5O. The summed E-state index contributed by atoms with van der Waals surface area (Å²) in [5, 5.41) is 13.3. The zero-order valence-electron chi connectivity index (χ0n) is 10.8. The zero-order chi connectivity index (χ0) is 13.7. The van der Waals surface area contributed by atoms with Crippen molar-refractivity contribution >= 4 is 17.5 Å². The third kappa shape index (κ3) is 3.48. The van der Waals surface area contributed by atoms with Gasteiger partial charge in [-0.25, -0.2) is 4.98 Å². The van der Waals surface area contributed by atoms with E-state index >= 15 is 0 Å². The minimum absolute atomic E-state index is 0.231. The number of aryl methyl sites for hydroxylation is 1. The van der Waals surface area contributed by atoms with E-state index in [1.54, 1.807) is 30.5 Å². The monoisotopic (exact) mass is 257 g/mol. The quantitative estimate of drug-likeness (QED) is 0.874. The van der Waals surface area contributed by atoms with Crippen LogP contribution in [-0.4, -0.2) is 27.6 Å². The molecule has 6 heteroatoms. The van der Waals surface area contributed by atoms with Crippen LogP contribution in [-0.2, 0) is 0 Å². The first-order valence-electron chi connectivity index (χ1n) is 6.00. The lowest BCUT2D eigenvalue weighted by Crippen LogP contribution is -2.14. The van der Waals surface area contributed by atoms with Gasteiger partial charge in [-0.1, -0.05) is 0 Å². The Bertz CT molecular complexity index is 571. The van der Waals surface area contributed by atoms with Crippen LogP contribution in [0.3, 0.4) is 0 Å². The van der Waals surface area contributed by atoms with Gasteiger partial charge >= 0.3 is 0 Å². The molecule has 2 aromatic heterocycles. The van der Waals surface area contributed by atoms with Crippen LogP contribution in [0.4, 0.5) is 11.6 Å². The highest BCUT2D eigenvalue weighted by Gasteiger charge is 2.09. The highest BCUT2D eigenvalue weighted by atomic mass is 16.1. The van der Waals surface area contributed by atoms with Gasteiger partial charge in [0.25, 0.3) is 5.91 Å². The number of amides is 1. The largest absolute Gasteiger partial charge is 0.370 e. The number of carbonyl (C=O) groups is 1. The van der Waals surface area contributed by atoms with Crippen molar-refractivity contribution in [3.05, 3.63) is 41.7 Å². The number of pyridine rings is 1. The average molecular weight is 257 g/mol. The molecular weight excluding hydrogens is 242 g/mol. The number of anilines is 2. The van der Waals surface area contributed by atoms with Crippen molar-refractivity contribution in [2.24, 2.45) is 0 Å². The van der Waals surface area contributed by atoms with Gasteiger partial charge in [-0.15, -0.1) is 5.10 Å². The molecule has 98 valence electrons. The first-order valence-corrected chi connectivity index (χ1v) is 6.00. The molecule has 0 spiro atoms. The second kappa shape index (κ2) is 5.90. The summed E-state index contributed by atoms with van der Waals surface area (Å²) in [5.41, 5.74) is 1.32. The van der Waals surface area contributed by atoms with Crippen LogP contribution in [0.5, 0.6) is 0 Å². The number of hydrogen-bond donors (Lipinski definition) is 2. The smallest absolute Gasteiger partial charge is 0.257 e. The molecule has 0 unspecified atom stereocenters. The Morgan fingerprint density at radius 2 is 2.16 bits per heavy atom. The summed E-state index contributed by atoms with van der Waals surface area (Å²) < 4.78 is 0. The summed E-state index contributed by atoms with van der Waals surface area (Å²) in [7, 11) is 0. The predicted octanol–water partition coefficient (Wildman–Crippen LogP) is 1.86. The zero-order valence-corrected chi connectivity index (χ0v) is 10.8. The summed E-state index contributed by atoms with van der Waals surface area (Å²) in [6.07, 6.45) is 1.55. The molecule has 2 heterocycles. The maximum absolute atomic E-state index is 12.1. The number of rotatable bonds is 4. The molecule has 0 fully saturated rings. The van der Waals surface area contributed by atoms with Gasteiger partial charge in [0.2, 0.25) is 0 Å². The minimum atomic E-state index is -0.231. The minimum Gasteiger partial charge on any atom is -0.370 e. The van der Waals surface area contributed by atoms with E-state index in [1.807, 2.05) is 13.8 Å². The van der Waals surface area contributed by atoms with Gasteiger partial charge in [0.15, 0.2) is 5.82 Å². The van der Waals surface area contributed by atoms with Crippen LogP contribution in [0.1, 0.15) is 23.0 Å². The molecule has 0 saturated heterocycles. The lowest BCUT2D eigenvalue weighted by Gasteiger charge is -2.08. The molecule has 19 heavy (non-hydrogen) atoms. The van der Waals surface area contributed by atoms with Crippen LogP contribution in [0.15, 0.2) is 30.5 Å². The molecule has 0 saturated carbocycles. The van der Waals surface area contributed by atoms with Crippen LogP contribution in [0.25, 0.3) is 0 Å². The van der Waals surface area contributed by atoms with Gasteiger partial charge in [-0.05, 0) is 38.1 Å². The van der Waals surface area contributed by atoms with Gasteiger partial charge in [0.05, 0.1) is 0 Å². The van der Waals surface area contributed by atoms with Crippen molar-refractivity contribution in [3.63, 3.8) is 0 Å². The first kappa shape index (κ1) is 12.9. The van der Waals surface area contributed by atoms with E-state index < -0.39 is 0 Å². The average Bonchev–Trinajstić information content (AvgIpc) is 2.39. The summed E-state index contributed by atoms with van der Waals surface area (Å²) in [6, 6.07) is 6.84. The SMILES string of the molecule is CCNc1cc(C(=O)Nc2cccnn2)cc(C)n1. The van der Waals surface area contributed by atoms with Crippen LogP contribution < -0.4 is 10.6 Å². The molecule has 1 amide bonds. The van der Waals surface area contributed by atoms with Crippen LogP contribution in [0, 0.1) is 6.92 Å². The van der Waals surface area contributed by atoms with Crippen LogP contribution in [0.2, 0.25) is 0 Å². The summed E-state index contributed by atoms with van der Waals surface area (Å²) in [4.78, 5) is 16.4. The molecule has 0 radical (unpaired) electrons. The third-order valence-corrected chi connectivity index (χ3v) is 2.39. The van der Waals surface area contributed by atoms with Gasteiger partial charge in [-0.3, -0.25) is 4.79 Å². The first-order chi connectivity index (χ1) is 9.19. The molecule has 2 N–H and O–H groups in total. The maximum Gasteiger partial charge on any atom is 0.257 e. The van der Waals surface area contributed by atoms with Crippen molar-refractivity contribution in [2.75, 3.05) is 17.2 Å². The fourth-order valence-corrected chi connectivity index (χ4v) is 1.63. The Morgan fingerprint density at radius 1 is 1.32 bits per heavy atom. The normalized spacial score (nSPS) is 10.0. The third-order valence-electron chi connectivity index (χ3n) is 2.39. The highest BCUT2D eigenvalue weighted by Crippen LogP contribution is 2.11. The summed E-state index contributed by atoms with van der Waals surface area (Å²) in [6.45, 7) is 4.57. The number of nitrogens with one attached hydrogen (secondary N) is 2. The lowest BCUT2D eigenvalue weighted by molar-refractivity contribution is 0.102. The summed E-state index contributed by atoms with van der Waals surface area (Å²) in [5.74, 6) is 0.879. The van der Waals surface area contributed by atoms with Gasteiger partial charge in [0.1, 0.15) is 5.82 Å². The van der Waals surface area contributed by atoms with Gasteiger partial charge < -0.3 is 10.6 Å². The van der Waals surface area contributed by atoms with E-state index in [9.17, 15) is 4.79 Å². The van der Waals surface area contributed by atoms with E-state index in [2.05, 4.69) is 25.8 Å². The second-order valence-electron chi connectivity index (χ2n) is 3.98. The number of hydrogen-bond acceptors (Lipinski definition) is 5. The molecule has 0 aliphatic rings. The molecule has 0 bridgehead atoms. The highest BCUT2D eigenvalue weighted by molar-refractivity contribution is 6.04.